The minimum atomic E-state index is -0.0350. The molecule has 4 heteroatoms. The number of hydrogen-bond donors (Lipinski definition) is 2. The molecule has 1 heterocycles. The lowest BCUT2D eigenvalue weighted by Crippen LogP contribution is -2.41. The number of nitrogens with one attached hydrogen (secondary N) is 2. The fourth-order valence-electron chi connectivity index (χ4n) is 2.48. The third-order valence-electron chi connectivity index (χ3n) is 4.08. The number of carbonyl (C=O) groups is 1. The average molecular weight is 247 g/mol. The lowest BCUT2D eigenvalue weighted by atomic mass is 9.67. The summed E-state index contributed by atoms with van der Waals surface area (Å²) in [4.78, 5) is 16.3. The van der Waals surface area contributed by atoms with Gasteiger partial charge in [-0.05, 0) is 36.8 Å². The van der Waals surface area contributed by atoms with Crippen LogP contribution in [0.2, 0.25) is 0 Å². The van der Waals surface area contributed by atoms with Gasteiger partial charge in [-0.1, -0.05) is 13.3 Å². The molecule has 0 bridgehead atoms. The Morgan fingerprint density at radius 3 is 2.83 bits per heavy atom. The standard InChI is InChI=1S/C14H21N3O/c1-3-14(7-5-8-14)10-17-13(18)11-6-4-9-16-12(11)15-2/h4,6,9H,3,5,7-8,10H2,1-2H3,(H,15,16)(H,17,18). The molecule has 18 heavy (non-hydrogen) atoms. The van der Waals surface area contributed by atoms with Gasteiger partial charge in [0.05, 0.1) is 5.56 Å². The molecule has 1 saturated carbocycles. The van der Waals surface area contributed by atoms with Gasteiger partial charge in [-0.15, -0.1) is 0 Å². The van der Waals surface area contributed by atoms with Gasteiger partial charge in [0, 0.05) is 19.8 Å². The second kappa shape index (κ2) is 5.38. The number of pyridine rings is 1. The molecule has 0 atom stereocenters. The van der Waals surface area contributed by atoms with Crippen molar-refractivity contribution < 1.29 is 4.79 Å². The first-order valence-corrected chi connectivity index (χ1v) is 6.62. The van der Waals surface area contributed by atoms with E-state index in [4.69, 9.17) is 0 Å². The molecule has 0 unspecified atom stereocenters. The summed E-state index contributed by atoms with van der Waals surface area (Å²) in [6.45, 7) is 2.98. The zero-order valence-corrected chi connectivity index (χ0v) is 11.1. The van der Waals surface area contributed by atoms with E-state index in [1.54, 1.807) is 25.4 Å². The summed E-state index contributed by atoms with van der Waals surface area (Å²) >= 11 is 0. The van der Waals surface area contributed by atoms with Crippen molar-refractivity contribution >= 4 is 11.7 Å². The molecule has 0 aliphatic heterocycles. The van der Waals surface area contributed by atoms with E-state index in [2.05, 4.69) is 22.5 Å². The summed E-state index contributed by atoms with van der Waals surface area (Å²) in [6, 6.07) is 3.59. The van der Waals surface area contributed by atoms with Crippen LogP contribution in [0.3, 0.4) is 0 Å². The minimum Gasteiger partial charge on any atom is -0.372 e. The molecule has 1 aliphatic rings. The van der Waals surface area contributed by atoms with Crippen LogP contribution in [0.1, 0.15) is 43.0 Å². The largest absolute Gasteiger partial charge is 0.372 e. The minimum absolute atomic E-state index is 0.0350. The van der Waals surface area contributed by atoms with E-state index >= 15 is 0 Å². The number of hydrogen-bond acceptors (Lipinski definition) is 3. The quantitative estimate of drug-likeness (QED) is 0.840. The molecule has 0 radical (unpaired) electrons. The predicted octanol–water partition coefficient (Wildman–Crippen LogP) is 2.43. The second-order valence-corrected chi connectivity index (χ2v) is 5.04. The maximum Gasteiger partial charge on any atom is 0.255 e. The Hall–Kier alpha value is -1.58. The van der Waals surface area contributed by atoms with E-state index in [0.717, 1.165) is 13.0 Å². The van der Waals surface area contributed by atoms with Crippen molar-refractivity contribution in [3.8, 4) is 0 Å². The van der Waals surface area contributed by atoms with Crippen LogP contribution < -0.4 is 10.6 Å². The Kier molecular flexibility index (Phi) is 3.84. The molecule has 98 valence electrons. The van der Waals surface area contributed by atoms with Gasteiger partial charge in [-0.2, -0.15) is 0 Å². The molecule has 0 spiro atoms. The van der Waals surface area contributed by atoms with Gasteiger partial charge in [0.15, 0.2) is 0 Å². The van der Waals surface area contributed by atoms with Crippen LogP contribution in [-0.4, -0.2) is 24.5 Å². The van der Waals surface area contributed by atoms with E-state index in [1.807, 2.05) is 0 Å². The van der Waals surface area contributed by atoms with Gasteiger partial charge in [0.1, 0.15) is 5.82 Å². The summed E-state index contributed by atoms with van der Waals surface area (Å²) in [5.74, 6) is 0.598. The lowest BCUT2D eigenvalue weighted by Gasteiger charge is -2.41. The third-order valence-corrected chi connectivity index (χ3v) is 4.08. The molecule has 1 aromatic rings. The van der Waals surface area contributed by atoms with E-state index in [1.165, 1.54) is 19.3 Å². The van der Waals surface area contributed by atoms with Crippen molar-refractivity contribution in [1.82, 2.24) is 10.3 Å². The van der Waals surface area contributed by atoms with Gasteiger partial charge in [0.2, 0.25) is 0 Å². The Balaban J connectivity index is 1.99. The van der Waals surface area contributed by atoms with Gasteiger partial charge >= 0.3 is 0 Å². The zero-order valence-electron chi connectivity index (χ0n) is 11.1. The Labute approximate surface area is 108 Å². The number of amides is 1. The molecule has 0 saturated heterocycles. The van der Waals surface area contributed by atoms with Crippen LogP contribution in [0.4, 0.5) is 5.82 Å². The monoisotopic (exact) mass is 247 g/mol. The Morgan fingerprint density at radius 2 is 2.28 bits per heavy atom. The summed E-state index contributed by atoms with van der Waals surface area (Å²) in [5, 5.41) is 5.99. The highest BCUT2D eigenvalue weighted by Crippen LogP contribution is 2.43. The maximum absolute atomic E-state index is 12.1. The van der Waals surface area contributed by atoms with Gasteiger partial charge in [-0.3, -0.25) is 4.79 Å². The van der Waals surface area contributed by atoms with E-state index in [9.17, 15) is 4.79 Å². The molecule has 0 aromatic carbocycles. The van der Waals surface area contributed by atoms with Crippen LogP contribution in [-0.2, 0) is 0 Å². The molecule has 2 N–H and O–H groups in total. The molecule has 1 aromatic heterocycles. The van der Waals surface area contributed by atoms with Crippen LogP contribution in [0.5, 0.6) is 0 Å². The van der Waals surface area contributed by atoms with Crippen molar-refractivity contribution in [2.45, 2.75) is 32.6 Å². The molecule has 1 fully saturated rings. The number of anilines is 1. The first-order chi connectivity index (χ1) is 8.71. The average Bonchev–Trinajstić information content (AvgIpc) is 2.37. The van der Waals surface area contributed by atoms with Crippen molar-refractivity contribution in [1.29, 1.82) is 0 Å². The maximum atomic E-state index is 12.1. The number of nitrogens with zero attached hydrogens (tertiary/aromatic N) is 1. The first kappa shape index (κ1) is 12.9. The van der Waals surface area contributed by atoms with Crippen molar-refractivity contribution in [3.63, 3.8) is 0 Å². The number of carbonyl (C=O) groups excluding carboxylic acids is 1. The van der Waals surface area contributed by atoms with Gasteiger partial charge in [0.25, 0.3) is 5.91 Å². The normalized spacial score (nSPS) is 16.8. The highest BCUT2D eigenvalue weighted by molar-refractivity contribution is 5.98. The lowest BCUT2D eigenvalue weighted by molar-refractivity contribution is 0.0850. The highest BCUT2D eigenvalue weighted by Gasteiger charge is 2.35. The van der Waals surface area contributed by atoms with E-state index in [0.29, 0.717) is 16.8 Å². The van der Waals surface area contributed by atoms with Crippen LogP contribution in [0.15, 0.2) is 18.3 Å². The Morgan fingerprint density at radius 1 is 1.50 bits per heavy atom. The Bertz CT molecular complexity index is 421. The molecular weight excluding hydrogens is 226 g/mol. The summed E-state index contributed by atoms with van der Waals surface area (Å²) < 4.78 is 0. The summed E-state index contributed by atoms with van der Waals surface area (Å²) in [6.07, 6.45) is 6.57. The van der Waals surface area contributed by atoms with Crippen molar-refractivity contribution in [2.24, 2.45) is 5.41 Å². The van der Waals surface area contributed by atoms with Crippen LogP contribution in [0, 0.1) is 5.41 Å². The van der Waals surface area contributed by atoms with E-state index < -0.39 is 0 Å². The predicted molar refractivity (Wildman–Crippen MR) is 72.7 cm³/mol. The van der Waals surface area contributed by atoms with Crippen LogP contribution in [0.25, 0.3) is 0 Å². The van der Waals surface area contributed by atoms with Gasteiger partial charge in [-0.25, -0.2) is 4.98 Å². The summed E-state index contributed by atoms with van der Waals surface area (Å²) in [7, 11) is 1.78. The molecule has 1 amide bonds. The highest BCUT2D eigenvalue weighted by atomic mass is 16.1. The fourth-order valence-corrected chi connectivity index (χ4v) is 2.48. The molecule has 2 rings (SSSR count). The van der Waals surface area contributed by atoms with Gasteiger partial charge < -0.3 is 10.6 Å². The summed E-state index contributed by atoms with van der Waals surface area (Å²) in [5.41, 5.74) is 0.961. The fraction of sp³-hybridized carbons (Fsp3) is 0.571. The van der Waals surface area contributed by atoms with E-state index in [-0.39, 0.29) is 5.91 Å². The molecule has 4 nitrogen and oxygen atoms in total. The number of aromatic nitrogens is 1. The molecule has 1 aliphatic carbocycles. The SMILES string of the molecule is CCC1(CNC(=O)c2cccnc2NC)CCC1. The second-order valence-electron chi connectivity index (χ2n) is 5.04. The first-order valence-electron chi connectivity index (χ1n) is 6.62. The zero-order chi connectivity index (χ0) is 13.0. The number of rotatable bonds is 5. The van der Waals surface area contributed by atoms with Crippen molar-refractivity contribution in [2.75, 3.05) is 18.9 Å². The topological polar surface area (TPSA) is 54.0 Å². The smallest absolute Gasteiger partial charge is 0.255 e. The van der Waals surface area contributed by atoms with Crippen LogP contribution >= 0.6 is 0 Å². The molecular formula is C14H21N3O. The van der Waals surface area contributed by atoms with Crippen molar-refractivity contribution in [3.05, 3.63) is 23.9 Å². The third kappa shape index (κ3) is 2.47.